The summed E-state index contributed by atoms with van der Waals surface area (Å²) in [5.74, 6) is 1.21. The Morgan fingerprint density at radius 1 is 0.643 bits per heavy atom. The van der Waals surface area contributed by atoms with E-state index in [4.69, 9.17) is 18.9 Å². The zero-order chi connectivity index (χ0) is 19.3. The summed E-state index contributed by atoms with van der Waals surface area (Å²) in [5.41, 5.74) is 12.5. The van der Waals surface area contributed by atoms with E-state index in [9.17, 15) is 0 Å². The number of benzene rings is 2. The Morgan fingerprint density at radius 3 is 1.50 bits per heavy atom. The third-order valence-corrected chi connectivity index (χ3v) is 4.52. The van der Waals surface area contributed by atoms with Crippen molar-refractivity contribution in [3.63, 3.8) is 0 Å². The standard InChI is InChI=1S/C24H20O4/c1-25-15-27-21-13-11-17-7-3-5-9-19(17)23(21)24-20-10-6-4-8-18(20)12-14-22(24)28-16-26-2/h3-12H,15-16H2,1-2H3. The molecule has 0 aromatic heterocycles. The van der Waals surface area contributed by atoms with Crippen molar-refractivity contribution in [1.82, 2.24) is 0 Å². The molecule has 0 fully saturated rings. The second-order valence-electron chi connectivity index (χ2n) is 6.26. The Kier molecular flexibility index (Phi) is 5.29. The first-order valence-electron chi connectivity index (χ1n) is 8.94. The summed E-state index contributed by atoms with van der Waals surface area (Å²) in [6.45, 7) is 0.259. The molecule has 2 aliphatic rings. The highest BCUT2D eigenvalue weighted by molar-refractivity contribution is 6.07. The summed E-state index contributed by atoms with van der Waals surface area (Å²) in [4.78, 5) is 0. The molecule has 0 radical (unpaired) electrons. The molecule has 0 atom stereocenters. The third-order valence-electron chi connectivity index (χ3n) is 4.52. The Labute approximate surface area is 164 Å². The molecule has 0 unspecified atom stereocenters. The fourth-order valence-electron chi connectivity index (χ4n) is 3.34. The Bertz CT molecular complexity index is 976. The van der Waals surface area contributed by atoms with Crippen LogP contribution in [0.4, 0.5) is 0 Å². The van der Waals surface area contributed by atoms with E-state index in [1.807, 2.05) is 36.4 Å². The topological polar surface area (TPSA) is 36.9 Å². The largest absolute Gasteiger partial charge is 0.459 e. The van der Waals surface area contributed by atoms with Gasteiger partial charge < -0.3 is 18.9 Å². The fraction of sp³-hybridized carbons (Fsp3) is 0.167. The van der Waals surface area contributed by atoms with E-state index in [0.29, 0.717) is 11.5 Å². The molecule has 4 nitrogen and oxygen atoms in total. The molecule has 4 rings (SSSR count). The van der Waals surface area contributed by atoms with Crippen molar-refractivity contribution < 1.29 is 18.9 Å². The van der Waals surface area contributed by atoms with Gasteiger partial charge in [0.25, 0.3) is 0 Å². The van der Waals surface area contributed by atoms with Crippen LogP contribution >= 0.6 is 0 Å². The average Bonchev–Trinajstić information content (AvgIpc) is 2.75. The summed E-state index contributed by atoms with van der Waals surface area (Å²) < 4.78 is 22.0. The van der Waals surface area contributed by atoms with Crippen molar-refractivity contribution in [2.24, 2.45) is 0 Å². The number of ether oxygens (including phenoxy) is 4. The lowest BCUT2D eigenvalue weighted by Gasteiger charge is -2.24. The van der Waals surface area contributed by atoms with Crippen LogP contribution in [0.25, 0.3) is 23.3 Å². The maximum Gasteiger partial charge on any atom is 0.189 e. The van der Waals surface area contributed by atoms with Gasteiger partial charge in [-0.1, -0.05) is 60.0 Å². The Balaban J connectivity index is 2.01. The summed E-state index contributed by atoms with van der Waals surface area (Å²) in [7, 11) is 3.19. The van der Waals surface area contributed by atoms with Crippen molar-refractivity contribution in [2.75, 3.05) is 27.8 Å². The van der Waals surface area contributed by atoms with E-state index in [-0.39, 0.29) is 13.6 Å². The maximum atomic E-state index is 5.88. The molecule has 2 aromatic rings. The lowest BCUT2D eigenvalue weighted by atomic mass is 9.84. The van der Waals surface area contributed by atoms with E-state index >= 15 is 0 Å². The highest BCUT2D eigenvalue weighted by atomic mass is 16.7. The predicted molar refractivity (Wildman–Crippen MR) is 109 cm³/mol. The van der Waals surface area contributed by atoms with Gasteiger partial charge in [0.15, 0.2) is 25.1 Å². The average molecular weight is 372 g/mol. The Hall–Kier alpha value is -3.26. The molecule has 2 aromatic carbocycles. The van der Waals surface area contributed by atoms with Gasteiger partial charge in [0.2, 0.25) is 0 Å². The van der Waals surface area contributed by atoms with Crippen molar-refractivity contribution >= 4 is 23.3 Å². The number of allylic oxidation sites excluding steroid dienone is 2. The smallest absolute Gasteiger partial charge is 0.189 e. The zero-order valence-corrected chi connectivity index (χ0v) is 15.8. The molecule has 0 saturated heterocycles. The number of fused-ring (bicyclic) bond motifs is 2. The van der Waals surface area contributed by atoms with Crippen LogP contribution in [0.3, 0.4) is 0 Å². The second kappa shape index (κ2) is 8.18. The molecule has 0 bridgehead atoms. The monoisotopic (exact) mass is 372 g/mol. The van der Waals surface area contributed by atoms with Crippen LogP contribution in [-0.4, -0.2) is 27.8 Å². The van der Waals surface area contributed by atoms with E-state index < -0.39 is 0 Å². The van der Waals surface area contributed by atoms with Gasteiger partial charge in [-0.05, 0) is 34.4 Å². The molecule has 28 heavy (non-hydrogen) atoms. The number of hydrogen-bond donors (Lipinski definition) is 0. The normalized spacial score (nSPS) is 16.8. The summed E-state index contributed by atoms with van der Waals surface area (Å²) in [6.07, 6.45) is 3.85. The van der Waals surface area contributed by atoms with Crippen LogP contribution in [0.2, 0.25) is 0 Å². The quantitative estimate of drug-likeness (QED) is 0.536. The van der Waals surface area contributed by atoms with Gasteiger partial charge in [0.1, 0.15) is 0 Å². The molecule has 0 amide bonds. The molecular weight excluding hydrogens is 352 g/mol. The van der Waals surface area contributed by atoms with Crippen LogP contribution in [0, 0.1) is 0 Å². The molecule has 0 saturated carbocycles. The van der Waals surface area contributed by atoms with Crippen LogP contribution in [0.15, 0.2) is 71.5 Å². The minimum atomic E-state index is 0.130. The number of methoxy groups -OCH3 is 2. The van der Waals surface area contributed by atoms with Gasteiger partial charge in [-0.25, -0.2) is 0 Å². The lowest BCUT2D eigenvalue weighted by Crippen LogP contribution is -2.09. The van der Waals surface area contributed by atoms with Gasteiger partial charge in [0, 0.05) is 25.4 Å². The summed E-state index contributed by atoms with van der Waals surface area (Å²) in [6, 6.07) is 16.3. The van der Waals surface area contributed by atoms with E-state index in [0.717, 1.165) is 33.4 Å². The number of hydrogen-bond acceptors (Lipinski definition) is 4. The maximum absolute atomic E-state index is 5.88. The first kappa shape index (κ1) is 18.1. The zero-order valence-electron chi connectivity index (χ0n) is 15.8. The van der Waals surface area contributed by atoms with Gasteiger partial charge in [-0.15, -0.1) is 0 Å². The van der Waals surface area contributed by atoms with E-state index in [1.165, 1.54) is 0 Å². The molecule has 0 spiro atoms. The number of rotatable bonds is 6. The molecule has 0 heterocycles. The SMILES string of the molecule is COCOC1=C=Cc2ccccc2C1=C1C(OCOC)=C=Cc2ccccc21. The highest BCUT2D eigenvalue weighted by Crippen LogP contribution is 2.42. The van der Waals surface area contributed by atoms with Crippen LogP contribution in [0.5, 0.6) is 0 Å². The van der Waals surface area contributed by atoms with Crippen molar-refractivity contribution in [3.05, 3.63) is 93.8 Å². The molecule has 2 aliphatic carbocycles. The Morgan fingerprint density at radius 2 is 1.07 bits per heavy atom. The molecule has 0 aliphatic heterocycles. The van der Waals surface area contributed by atoms with Crippen molar-refractivity contribution in [3.8, 4) is 0 Å². The van der Waals surface area contributed by atoms with E-state index in [2.05, 4.69) is 35.7 Å². The molecule has 4 heteroatoms. The minimum Gasteiger partial charge on any atom is -0.459 e. The van der Waals surface area contributed by atoms with Crippen LogP contribution < -0.4 is 0 Å². The van der Waals surface area contributed by atoms with Gasteiger partial charge in [0.05, 0.1) is 0 Å². The summed E-state index contributed by atoms with van der Waals surface area (Å²) >= 11 is 0. The first-order chi connectivity index (χ1) is 13.8. The van der Waals surface area contributed by atoms with Crippen LogP contribution in [-0.2, 0) is 18.9 Å². The van der Waals surface area contributed by atoms with E-state index in [1.54, 1.807) is 14.2 Å². The summed E-state index contributed by atoms with van der Waals surface area (Å²) in [5, 5.41) is 0. The lowest BCUT2D eigenvalue weighted by molar-refractivity contribution is 0.00988. The van der Waals surface area contributed by atoms with Gasteiger partial charge >= 0.3 is 0 Å². The van der Waals surface area contributed by atoms with Gasteiger partial charge in [-0.3, -0.25) is 0 Å². The third kappa shape index (κ3) is 3.34. The second-order valence-corrected chi connectivity index (χ2v) is 6.26. The first-order valence-corrected chi connectivity index (χ1v) is 8.94. The minimum absolute atomic E-state index is 0.130. The van der Waals surface area contributed by atoms with Crippen molar-refractivity contribution in [1.29, 1.82) is 0 Å². The van der Waals surface area contributed by atoms with Crippen molar-refractivity contribution in [2.45, 2.75) is 0 Å². The van der Waals surface area contributed by atoms with Crippen LogP contribution in [0.1, 0.15) is 22.3 Å². The molecule has 140 valence electrons. The van der Waals surface area contributed by atoms with Gasteiger partial charge in [-0.2, -0.15) is 0 Å². The molecule has 0 N–H and O–H groups in total. The predicted octanol–water partition coefficient (Wildman–Crippen LogP) is 4.86. The fourth-order valence-corrected chi connectivity index (χ4v) is 3.34. The molecular formula is C24H20O4. The highest BCUT2D eigenvalue weighted by Gasteiger charge is 2.27.